The molecular formula is C18H15N3O2. The largest absolute Gasteiger partial charge is 0.496 e. The van der Waals surface area contributed by atoms with Crippen molar-refractivity contribution in [2.45, 2.75) is 6.54 Å². The highest BCUT2D eigenvalue weighted by Gasteiger charge is 2.12. The first kappa shape index (κ1) is 13.6. The minimum Gasteiger partial charge on any atom is -0.496 e. The Morgan fingerprint density at radius 3 is 2.78 bits per heavy atom. The highest BCUT2D eigenvalue weighted by atomic mass is 16.5. The van der Waals surface area contributed by atoms with E-state index in [0.717, 1.165) is 22.3 Å². The zero-order chi connectivity index (χ0) is 15.6. The van der Waals surface area contributed by atoms with Crippen molar-refractivity contribution in [1.29, 1.82) is 0 Å². The summed E-state index contributed by atoms with van der Waals surface area (Å²) in [5.41, 5.74) is 2.91. The molecule has 23 heavy (non-hydrogen) atoms. The van der Waals surface area contributed by atoms with Gasteiger partial charge in [-0.2, -0.15) is 0 Å². The van der Waals surface area contributed by atoms with Gasteiger partial charge in [-0.25, -0.2) is 9.97 Å². The molecule has 0 aliphatic heterocycles. The lowest BCUT2D eigenvalue weighted by Crippen LogP contribution is -1.97. The van der Waals surface area contributed by atoms with Crippen LogP contribution in [0.3, 0.4) is 0 Å². The van der Waals surface area contributed by atoms with Crippen LogP contribution in [0.5, 0.6) is 5.75 Å². The molecule has 0 bridgehead atoms. The summed E-state index contributed by atoms with van der Waals surface area (Å²) in [5.74, 6) is 2.10. The Labute approximate surface area is 133 Å². The molecule has 2 aromatic heterocycles. The van der Waals surface area contributed by atoms with Gasteiger partial charge in [0.2, 0.25) is 5.89 Å². The summed E-state index contributed by atoms with van der Waals surface area (Å²) in [4.78, 5) is 8.76. The number of rotatable bonds is 4. The van der Waals surface area contributed by atoms with E-state index < -0.39 is 0 Å². The van der Waals surface area contributed by atoms with E-state index >= 15 is 0 Å². The number of imidazole rings is 1. The molecule has 0 aliphatic carbocycles. The average molecular weight is 305 g/mol. The maximum atomic E-state index is 5.89. The van der Waals surface area contributed by atoms with Crippen LogP contribution in [-0.2, 0) is 6.54 Å². The molecule has 114 valence electrons. The van der Waals surface area contributed by atoms with Crippen molar-refractivity contribution in [3.8, 4) is 17.1 Å². The Kier molecular flexibility index (Phi) is 3.31. The van der Waals surface area contributed by atoms with Crippen molar-refractivity contribution in [3.63, 3.8) is 0 Å². The van der Waals surface area contributed by atoms with Crippen LogP contribution in [0.15, 0.2) is 65.5 Å². The van der Waals surface area contributed by atoms with E-state index in [4.69, 9.17) is 9.15 Å². The quantitative estimate of drug-likeness (QED) is 0.576. The molecule has 0 saturated carbocycles. The highest BCUT2D eigenvalue weighted by Crippen LogP contribution is 2.30. The summed E-state index contributed by atoms with van der Waals surface area (Å²) in [6.45, 7) is 0.537. The van der Waals surface area contributed by atoms with Crippen molar-refractivity contribution in [2.75, 3.05) is 7.11 Å². The van der Waals surface area contributed by atoms with Gasteiger partial charge >= 0.3 is 0 Å². The van der Waals surface area contributed by atoms with Gasteiger partial charge in [-0.05, 0) is 24.3 Å². The zero-order valence-electron chi connectivity index (χ0n) is 12.6. The van der Waals surface area contributed by atoms with E-state index in [1.54, 1.807) is 19.6 Å². The van der Waals surface area contributed by atoms with Gasteiger partial charge in [0, 0.05) is 0 Å². The topological polar surface area (TPSA) is 53.1 Å². The van der Waals surface area contributed by atoms with Gasteiger partial charge in [-0.15, -0.1) is 0 Å². The van der Waals surface area contributed by atoms with Crippen LogP contribution in [0.4, 0.5) is 0 Å². The number of benzene rings is 2. The molecule has 5 heteroatoms. The number of methoxy groups -OCH3 is 1. The standard InChI is InChI=1S/C18H15N3O2/c1-22-16-9-5-2-6-13(16)17-10-19-18(23-17)11-21-12-20-14-7-3-4-8-15(14)21/h2-10,12H,11H2,1H3. The number of nitrogens with zero attached hydrogens (tertiary/aromatic N) is 3. The van der Waals surface area contributed by atoms with E-state index in [1.807, 2.05) is 53.1 Å². The molecule has 5 nitrogen and oxygen atoms in total. The van der Waals surface area contributed by atoms with Crippen LogP contribution in [0.25, 0.3) is 22.4 Å². The molecule has 4 rings (SSSR count). The van der Waals surface area contributed by atoms with Gasteiger partial charge in [0.25, 0.3) is 0 Å². The molecule has 0 spiro atoms. The molecule has 0 saturated heterocycles. The molecule has 2 heterocycles. The molecule has 2 aromatic carbocycles. The van der Waals surface area contributed by atoms with Crippen LogP contribution in [0.2, 0.25) is 0 Å². The molecule has 0 atom stereocenters. The third kappa shape index (κ3) is 2.46. The monoisotopic (exact) mass is 305 g/mol. The Morgan fingerprint density at radius 1 is 1.04 bits per heavy atom. The van der Waals surface area contributed by atoms with Crippen molar-refractivity contribution in [1.82, 2.24) is 14.5 Å². The van der Waals surface area contributed by atoms with E-state index in [1.165, 1.54) is 0 Å². The molecule has 0 radical (unpaired) electrons. The predicted octanol–water partition coefficient (Wildman–Crippen LogP) is 3.75. The Balaban J connectivity index is 1.66. The van der Waals surface area contributed by atoms with Gasteiger partial charge in [-0.3, -0.25) is 0 Å². The number of aromatic nitrogens is 3. The Morgan fingerprint density at radius 2 is 1.87 bits per heavy atom. The third-order valence-electron chi connectivity index (χ3n) is 3.76. The fraction of sp³-hybridized carbons (Fsp3) is 0.111. The van der Waals surface area contributed by atoms with Crippen molar-refractivity contribution < 1.29 is 9.15 Å². The SMILES string of the molecule is COc1ccccc1-c1cnc(Cn2cnc3ccccc32)o1. The first-order valence-electron chi connectivity index (χ1n) is 7.33. The van der Waals surface area contributed by atoms with E-state index in [9.17, 15) is 0 Å². The van der Waals surface area contributed by atoms with Crippen molar-refractivity contribution in [2.24, 2.45) is 0 Å². The number of fused-ring (bicyclic) bond motifs is 1. The second-order valence-electron chi connectivity index (χ2n) is 5.18. The maximum absolute atomic E-state index is 5.89. The molecule has 0 aliphatic rings. The van der Waals surface area contributed by atoms with E-state index in [-0.39, 0.29) is 0 Å². The van der Waals surface area contributed by atoms with Crippen molar-refractivity contribution in [3.05, 3.63) is 66.9 Å². The summed E-state index contributed by atoms with van der Waals surface area (Å²) in [5, 5.41) is 0. The predicted molar refractivity (Wildman–Crippen MR) is 87.3 cm³/mol. The van der Waals surface area contributed by atoms with Crippen LogP contribution in [-0.4, -0.2) is 21.6 Å². The summed E-state index contributed by atoms with van der Waals surface area (Å²) in [6.07, 6.45) is 3.53. The van der Waals surface area contributed by atoms with Gasteiger partial charge in [0.05, 0.1) is 36.2 Å². The summed E-state index contributed by atoms with van der Waals surface area (Å²) in [7, 11) is 1.65. The van der Waals surface area contributed by atoms with E-state index in [0.29, 0.717) is 18.2 Å². The normalized spacial score (nSPS) is 11.0. The summed E-state index contributed by atoms with van der Waals surface area (Å²) < 4.78 is 13.3. The smallest absolute Gasteiger partial charge is 0.214 e. The first-order chi connectivity index (χ1) is 11.3. The van der Waals surface area contributed by atoms with Gasteiger partial charge in [-0.1, -0.05) is 24.3 Å². The van der Waals surface area contributed by atoms with Crippen LogP contribution in [0.1, 0.15) is 5.89 Å². The van der Waals surface area contributed by atoms with Gasteiger partial charge in [0.15, 0.2) is 5.76 Å². The second-order valence-corrected chi connectivity index (χ2v) is 5.18. The number of ether oxygens (including phenoxy) is 1. The van der Waals surface area contributed by atoms with Crippen LogP contribution in [0, 0.1) is 0 Å². The van der Waals surface area contributed by atoms with Crippen LogP contribution >= 0.6 is 0 Å². The minimum atomic E-state index is 0.537. The molecule has 0 unspecified atom stereocenters. The summed E-state index contributed by atoms with van der Waals surface area (Å²) in [6, 6.07) is 15.7. The molecular weight excluding hydrogens is 290 g/mol. The second kappa shape index (κ2) is 5.61. The lowest BCUT2D eigenvalue weighted by atomic mass is 10.1. The number of hydrogen-bond donors (Lipinski definition) is 0. The number of hydrogen-bond acceptors (Lipinski definition) is 4. The lowest BCUT2D eigenvalue weighted by Gasteiger charge is -2.04. The minimum absolute atomic E-state index is 0.537. The zero-order valence-corrected chi connectivity index (χ0v) is 12.6. The molecule has 4 aromatic rings. The highest BCUT2D eigenvalue weighted by molar-refractivity contribution is 5.75. The Hall–Kier alpha value is -3.08. The number of para-hydroxylation sites is 3. The third-order valence-corrected chi connectivity index (χ3v) is 3.76. The average Bonchev–Trinajstić information content (AvgIpc) is 3.23. The molecule has 0 N–H and O–H groups in total. The number of oxazole rings is 1. The fourth-order valence-corrected chi connectivity index (χ4v) is 2.64. The van der Waals surface area contributed by atoms with Gasteiger partial charge < -0.3 is 13.7 Å². The molecule has 0 amide bonds. The lowest BCUT2D eigenvalue weighted by molar-refractivity contribution is 0.413. The summed E-state index contributed by atoms with van der Waals surface area (Å²) >= 11 is 0. The Bertz CT molecular complexity index is 955. The maximum Gasteiger partial charge on any atom is 0.214 e. The molecule has 0 fully saturated rings. The van der Waals surface area contributed by atoms with Gasteiger partial charge in [0.1, 0.15) is 12.3 Å². The van der Waals surface area contributed by atoms with E-state index in [2.05, 4.69) is 9.97 Å². The fourth-order valence-electron chi connectivity index (χ4n) is 2.64. The van der Waals surface area contributed by atoms with Crippen LogP contribution < -0.4 is 4.74 Å². The van der Waals surface area contributed by atoms with Crippen molar-refractivity contribution >= 4 is 11.0 Å². The first-order valence-corrected chi connectivity index (χ1v) is 7.33.